The van der Waals surface area contributed by atoms with Crippen molar-refractivity contribution >= 4 is 11.9 Å². The summed E-state index contributed by atoms with van der Waals surface area (Å²) >= 11 is 0. The molecule has 1 unspecified atom stereocenters. The van der Waals surface area contributed by atoms with Gasteiger partial charge in [-0.15, -0.1) is 0 Å². The van der Waals surface area contributed by atoms with Crippen molar-refractivity contribution in [2.75, 3.05) is 6.61 Å². The SMILES string of the molecule is CCCCC(CC(=O)O)C(=O)OCC(C)C. The zero-order valence-electron chi connectivity index (χ0n) is 10.4. The highest BCUT2D eigenvalue weighted by atomic mass is 16.5. The number of hydrogen-bond acceptors (Lipinski definition) is 3. The first kappa shape index (κ1) is 14.9. The number of carboxylic acid groups (broad SMARTS) is 1. The Morgan fingerprint density at radius 2 is 1.94 bits per heavy atom. The van der Waals surface area contributed by atoms with Crippen molar-refractivity contribution in [3.05, 3.63) is 0 Å². The maximum atomic E-state index is 11.6. The van der Waals surface area contributed by atoms with Gasteiger partial charge in [-0.25, -0.2) is 0 Å². The summed E-state index contributed by atoms with van der Waals surface area (Å²) in [7, 11) is 0. The van der Waals surface area contributed by atoms with E-state index in [1.165, 1.54) is 0 Å². The van der Waals surface area contributed by atoms with Gasteiger partial charge in [0.2, 0.25) is 0 Å². The predicted molar refractivity (Wildman–Crippen MR) is 61.1 cm³/mol. The lowest BCUT2D eigenvalue weighted by molar-refractivity contribution is -0.154. The van der Waals surface area contributed by atoms with Gasteiger partial charge in [0.1, 0.15) is 0 Å². The maximum absolute atomic E-state index is 11.6. The lowest BCUT2D eigenvalue weighted by Gasteiger charge is -2.14. The van der Waals surface area contributed by atoms with E-state index in [4.69, 9.17) is 9.84 Å². The van der Waals surface area contributed by atoms with E-state index in [1.54, 1.807) is 0 Å². The van der Waals surface area contributed by atoms with Crippen LogP contribution in [0.15, 0.2) is 0 Å². The molecule has 0 saturated heterocycles. The summed E-state index contributed by atoms with van der Waals surface area (Å²) in [6.45, 7) is 6.27. The summed E-state index contributed by atoms with van der Waals surface area (Å²) in [4.78, 5) is 22.2. The van der Waals surface area contributed by atoms with Crippen LogP contribution < -0.4 is 0 Å². The average Bonchev–Trinajstić information content (AvgIpc) is 2.20. The fourth-order valence-corrected chi connectivity index (χ4v) is 1.33. The van der Waals surface area contributed by atoms with Crippen LogP contribution in [-0.2, 0) is 14.3 Å². The molecule has 94 valence electrons. The zero-order valence-corrected chi connectivity index (χ0v) is 10.4. The van der Waals surface area contributed by atoms with Crippen molar-refractivity contribution in [1.29, 1.82) is 0 Å². The number of hydrogen-bond donors (Lipinski definition) is 1. The number of rotatable bonds is 8. The second-order valence-corrected chi connectivity index (χ2v) is 4.46. The van der Waals surface area contributed by atoms with Crippen molar-refractivity contribution in [2.45, 2.75) is 46.5 Å². The highest BCUT2D eigenvalue weighted by Crippen LogP contribution is 2.15. The molecular formula is C12H22O4. The van der Waals surface area contributed by atoms with Crippen LogP contribution in [0.3, 0.4) is 0 Å². The van der Waals surface area contributed by atoms with Crippen LogP contribution in [0.4, 0.5) is 0 Å². The number of carbonyl (C=O) groups excluding carboxylic acids is 1. The lowest BCUT2D eigenvalue weighted by atomic mass is 9.99. The van der Waals surface area contributed by atoms with E-state index in [2.05, 4.69) is 0 Å². The van der Waals surface area contributed by atoms with Crippen molar-refractivity contribution in [3.8, 4) is 0 Å². The quantitative estimate of drug-likeness (QED) is 0.650. The van der Waals surface area contributed by atoms with Crippen LogP contribution in [0.1, 0.15) is 46.5 Å². The molecule has 0 aromatic carbocycles. The van der Waals surface area contributed by atoms with Gasteiger partial charge in [0.05, 0.1) is 18.9 Å². The minimum absolute atomic E-state index is 0.128. The minimum atomic E-state index is -0.942. The molecule has 4 heteroatoms. The van der Waals surface area contributed by atoms with E-state index >= 15 is 0 Å². The second kappa shape index (κ2) is 8.13. The molecule has 0 aromatic rings. The minimum Gasteiger partial charge on any atom is -0.481 e. The fourth-order valence-electron chi connectivity index (χ4n) is 1.33. The summed E-state index contributed by atoms with van der Waals surface area (Å²) in [5, 5.41) is 8.70. The normalized spacial score (nSPS) is 12.5. The van der Waals surface area contributed by atoms with E-state index < -0.39 is 11.9 Å². The van der Waals surface area contributed by atoms with E-state index in [-0.39, 0.29) is 18.3 Å². The van der Waals surface area contributed by atoms with Crippen LogP contribution in [-0.4, -0.2) is 23.7 Å². The number of unbranched alkanes of at least 4 members (excludes halogenated alkanes) is 1. The molecule has 4 nitrogen and oxygen atoms in total. The van der Waals surface area contributed by atoms with Gasteiger partial charge < -0.3 is 9.84 Å². The van der Waals surface area contributed by atoms with Crippen molar-refractivity contribution < 1.29 is 19.4 Å². The molecule has 0 aliphatic heterocycles. The highest BCUT2D eigenvalue weighted by molar-refractivity contribution is 5.79. The van der Waals surface area contributed by atoms with Gasteiger partial charge in [-0.3, -0.25) is 9.59 Å². The van der Waals surface area contributed by atoms with Gasteiger partial charge in [0.15, 0.2) is 0 Å². The standard InChI is InChI=1S/C12H22O4/c1-4-5-6-10(7-11(13)14)12(15)16-8-9(2)3/h9-10H,4-8H2,1-3H3,(H,13,14). The third kappa shape index (κ3) is 7.26. The Hall–Kier alpha value is -1.06. The van der Waals surface area contributed by atoms with Gasteiger partial charge in [0.25, 0.3) is 0 Å². The fraction of sp³-hybridized carbons (Fsp3) is 0.833. The Balaban J connectivity index is 4.14. The van der Waals surface area contributed by atoms with Gasteiger partial charge >= 0.3 is 11.9 Å². The number of carboxylic acids is 1. The Morgan fingerprint density at radius 3 is 2.38 bits per heavy atom. The Labute approximate surface area is 97.0 Å². The second-order valence-electron chi connectivity index (χ2n) is 4.46. The average molecular weight is 230 g/mol. The third-order valence-electron chi connectivity index (χ3n) is 2.22. The van der Waals surface area contributed by atoms with E-state index in [0.29, 0.717) is 13.0 Å². The van der Waals surface area contributed by atoms with E-state index in [0.717, 1.165) is 12.8 Å². The van der Waals surface area contributed by atoms with Gasteiger partial charge in [-0.05, 0) is 12.3 Å². The largest absolute Gasteiger partial charge is 0.481 e. The lowest BCUT2D eigenvalue weighted by Crippen LogP contribution is -2.22. The molecular weight excluding hydrogens is 208 g/mol. The third-order valence-corrected chi connectivity index (χ3v) is 2.22. The Kier molecular flexibility index (Phi) is 7.60. The van der Waals surface area contributed by atoms with Crippen LogP contribution in [0.5, 0.6) is 0 Å². The number of esters is 1. The van der Waals surface area contributed by atoms with Crippen LogP contribution in [0, 0.1) is 11.8 Å². The predicted octanol–water partition coefficient (Wildman–Crippen LogP) is 2.47. The van der Waals surface area contributed by atoms with Gasteiger partial charge in [0, 0.05) is 0 Å². The molecule has 0 bridgehead atoms. The molecule has 0 amide bonds. The molecule has 0 saturated carbocycles. The maximum Gasteiger partial charge on any atom is 0.309 e. The van der Waals surface area contributed by atoms with Crippen LogP contribution in [0.25, 0.3) is 0 Å². The van der Waals surface area contributed by atoms with Crippen molar-refractivity contribution in [3.63, 3.8) is 0 Å². The monoisotopic (exact) mass is 230 g/mol. The summed E-state index contributed by atoms with van der Waals surface area (Å²) in [5.74, 6) is -1.52. The Bertz CT molecular complexity index is 223. The topological polar surface area (TPSA) is 63.6 Å². The molecule has 1 N–H and O–H groups in total. The molecule has 0 aliphatic rings. The van der Waals surface area contributed by atoms with Crippen molar-refractivity contribution in [1.82, 2.24) is 0 Å². The van der Waals surface area contributed by atoms with Crippen LogP contribution >= 0.6 is 0 Å². The smallest absolute Gasteiger partial charge is 0.309 e. The van der Waals surface area contributed by atoms with Gasteiger partial charge in [-0.1, -0.05) is 33.6 Å². The summed E-state index contributed by atoms with van der Waals surface area (Å²) in [6.07, 6.45) is 2.28. The molecule has 0 aliphatic carbocycles. The summed E-state index contributed by atoms with van der Waals surface area (Å²) in [5.41, 5.74) is 0. The Morgan fingerprint density at radius 1 is 1.31 bits per heavy atom. The molecule has 1 atom stereocenters. The molecule has 0 spiro atoms. The highest BCUT2D eigenvalue weighted by Gasteiger charge is 2.22. The molecule has 16 heavy (non-hydrogen) atoms. The van der Waals surface area contributed by atoms with Gasteiger partial charge in [-0.2, -0.15) is 0 Å². The summed E-state index contributed by atoms with van der Waals surface area (Å²) < 4.78 is 5.06. The van der Waals surface area contributed by atoms with E-state index in [9.17, 15) is 9.59 Å². The molecule has 0 rings (SSSR count). The first-order valence-electron chi connectivity index (χ1n) is 5.85. The van der Waals surface area contributed by atoms with Crippen LogP contribution in [0.2, 0.25) is 0 Å². The molecule has 0 heterocycles. The number of aliphatic carboxylic acids is 1. The van der Waals surface area contributed by atoms with Crippen molar-refractivity contribution in [2.24, 2.45) is 11.8 Å². The molecule has 0 fully saturated rings. The first-order chi connectivity index (χ1) is 7.47. The first-order valence-corrected chi connectivity index (χ1v) is 5.85. The number of ether oxygens (including phenoxy) is 1. The van der Waals surface area contributed by atoms with E-state index in [1.807, 2.05) is 20.8 Å². The number of carbonyl (C=O) groups is 2. The molecule has 0 aromatic heterocycles. The molecule has 0 radical (unpaired) electrons. The zero-order chi connectivity index (χ0) is 12.6. The summed E-state index contributed by atoms with van der Waals surface area (Å²) in [6, 6.07) is 0.